The Hall–Kier alpha value is -2.54. The smallest absolute Gasteiger partial charge is 0.319 e. The fraction of sp³-hybridized carbons (Fsp3) is 0.263. The zero-order chi connectivity index (χ0) is 18.5. The largest absolute Gasteiger partial charge is 0.497 e. The summed E-state index contributed by atoms with van der Waals surface area (Å²) in [7, 11) is 1.61. The van der Waals surface area contributed by atoms with Crippen LogP contribution >= 0.6 is 15.9 Å². The van der Waals surface area contributed by atoms with Gasteiger partial charge in [0.05, 0.1) is 13.2 Å². The van der Waals surface area contributed by atoms with E-state index in [1.54, 1.807) is 7.11 Å². The van der Waals surface area contributed by atoms with Crippen molar-refractivity contribution in [3.8, 4) is 5.75 Å². The van der Waals surface area contributed by atoms with Crippen molar-refractivity contribution in [2.45, 2.75) is 18.4 Å². The van der Waals surface area contributed by atoms with E-state index in [1.807, 2.05) is 48.5 Å². The number of benzene rings is 2. The highest BCUT2D eigenvalue weighted by molar-refractivity contribution is 9.10. The predicted octanol–water partition coefficient (Wildman–Crippen LogP) is 3.25. The molecule has 0 spiro atoms. The first-order valence-electron chi connectivity index (χ1n) is 8.29. The molecule has 1 saturated heterocycles. The van der Waals surface area contributed by atoms with Crippen LogP contribution < -0.4 is 20.7 Å². The van der Waals surface area contributed by atoms with Crippen molar-refractivity contribution in [3.05, 3.63) is 58.6 Å². The van der Waals surface area contributed by atoms with E-state index in [2.05, 4.69) is 31.9 Å². The van der Waals surface area contributed by atoms with Crippen LogP contribution in [-0.2, 0) is 4.79 Å². The Kier molecular flexibility index (Phi) is 5.78. The van der Waals surface area contributed by atoms with Crippen molar-refractivity contribution >= 4 is 33.6 Å². The second-order valence-corrected chi connectivity index (χ2v) is 7.02. The summed E-state index contributed by atoms with van der Waals surface area (Å²) in [5, 5.41) is 8.61. The number of hydrogen-bond acceptors (Lipinski definition) is 3. The summed E-state index contributed by atoms with van der Waals surface area (Å²) in [4.78, 5) is 24.2. The Morgan fingerprint density at radius 2 is 1.85 bits per heavy atom. The van der Waals surface area contributed by atoms with Crippen LogP contribution in [0.15, 0.2) is 53.0 Å². The van der Waals surface area contributed by atoms with Gasteiger partial charge in [-0.1, -0.05) is 28.1 Å². The van der Waals surface area contributed by atoms with E-state index in [0.29, 0.717) is 18.7 Å². The van der Waals surface area contributed by atoms with E-state index >= 15 is 0 Å². The number of piperidine rings is 1. The maximum atomic E-state index is 12.4. The topological polar surface area (TPSA) is 79.5 Å². The van der Waals surface area contributed by atoms with Gasteiger partial charge in [-0.15, -0.1) is 0 Å². The fourth-order valence-electron chi connectivity index (χ4n) is 3.00. The van der Waals surface area contributed by atoms with Crippen LogP contribution in [0.4, 0.5) is 10.5 Å². The molecule has 7 heteroatoms. The summed E-state index contributed by atoms with van der Waals surface area (Å²) in [6.45, 7) is 0.392. The zero-order valence-electron chi connectivity index (χ0n) is 14.3. The molecule has 0 aromatic heterocycles. The maximum Gasteiger partial charge on any atom is 0.319 e. The number of halogens is 1. The van der Waals surface area contributed by atoms with Crippen LogP contribution in [-0.4, -0.2) is 31.6 Å². The van der Waals surface area contributed by atoms with Crippen molar-refractivity contribution in [1.29, 1.82) is 0 Å². The molecule has 0 aliphatic carbocycles. The predicted molar refractivity (Wildman–Crippen MR) is 103 cm³/mol. The van der Waals surface area contributed by atoms with Gasteiger partial charge in [-0.3, -0.25) is 4.79 Å². The van der Waals surface area contributed by atoms with Crippen LogP contribution in [0.3, 0.4) is 0 Å². The molecule has 2 atom stereocenters. The molecule has 0 saturated carbocycles. The second-order valence-electron chi connectivity index (χ2n) is 6.10. The number of methoxy groups -OCH3 is 1. The second kappa shape index (κ2) is 8.23. The molecule has 3 amide bonds. The highest BCUT2D eigenvalue weighted by Crippen LogP contribution is 2.28. The Bertz CT molecular complexity index is 778. The van der Waals surface area contributed by atoms with Crippen LogP contribution in [0.2, 0.25) is 0 Å². The van der Waals surface area contributed by atoms with E-state index in [4.69, 9.17) is 4.74 Å². The Balaban J connectivity index is 1.69. The van der Waals surface area contributed by atoms with Gasteiger partial charge in [0.15, 0.2) is 0 Å². The molecule has 3 N–H and O–H groups in total. The average Bonchev–Trinajstić information content (AvgIpc) is 2.65. The molecule has 2 aromatic carbocycles. The molecule has 136 valence electrons. The molecule has 6 nitrogen and oxygen atoms in total. The Morgan fingerprint density at radius 1 is 1.15 bits per heavy atom. The normalized spacial score (nSPS) is 19.4. The van der Waals surface area contributed by atoms with Crippen molar-refractivity contribution in [1.82, 2.24) is 10.6 Å². The molecular formula is C19H20BrN3O3. The van der Waals surface area contributed by atoms with Crippen LogP contribution in [0, 0.1) is 0 Å². The molecule has 26 heavy (non-hydrogen) atoms. The quantitative estimate of drug-likeness (QED) is 0.713. The lowest BCUT2D eigenvalue weighted by molar-refractivity contribution is -0.123. The number of carbonyl (C=O) groups excluding carboxylic acids is 2. The minimum absolute atomic E-state index is 0.0165. The molecular weight excluding hydrogens is 398 g/mol. The summed E-state index contributed by atoms with van der Waals surface area (Å²) >= 11 is 3.36. The molecule has 1 heterocycles. The minimum Gasteiger partial charge on any atom is -0.497 e. The number of carbonyl (C=O) groups is 2. The SMILES string of the molecule is COc1ccc([C@H]2CC(=O)NC[C@@H]2NC(=O)Nc2ccc(Br)cc2)cc1. The number of rotatable bonds is 4. The first kappa shape index (κ1) is 18.3. The van der Waals surface area contributed by atoms with Gasteiger partial charge < -0.3 is 20.7 Å². The third-order valence-corrected chi connectivity index (χ3v) is 4.90. The first-order chi connectivity index (χ1) is 12.5. The van der Waals surface area contributed by atoms with E-state index < -0.39 is 0 Å². The average molecular weight is 418 g/mol. The number of hydrogen-bond donors (Lipinski definition) is 3. The molecule has 3 rings (SSSR count). The number of anilines is 1. The number of ether oxygens (including phenoxy) is 1. The summed E-state index contributed by atoms with van der Waals surface area (Å²) in [6, 6.07) is 14.4. The van der Waals surface area contributed by atoms with Crippen molar-refractivity contribution < 1.29 is 14.3 Å². The molecule has 1 fully saturated rings. The summed E-state index contributed by atoms with van der Waals surface area (Å²) in [5.41, 5.74) is 1.70. The third kappa shape index (κ3) is 4.54. The lowest BCUT2D eigenvalue weighted by atomic mass is 9.85. The van der Waals surface area contributed by atoms with Gasteiger partial charge in [0.2, 0.25) is 5.91 Å². The number of amides is 3. The Labute approximate surface area is 160 Å². The van der Waals surface area contributed by atoms with E-state index in [-0.39, 0.29) is 23.9 Å². The van der Waals surface area contributed by atoms with Gasteiger partial charge in [0.25, 0.3) is 0 Å². The van der Waals surface area contributed by atoms with Gasteiger partial charge in [-0.2, -0.15) is 0 Å². The number of urea groups is 1. The zero-order valence-corrected chi connectivity index (χ0v) is 15.9. The third-order valence-electron chi connectivity index (χ3n) is 4.37. The van der Waals surface area contributed by atoms with Gasteiger partial charge >= 0.3 is 6.03 Å². The van der Waals surface area contributed by atoms with Gasteiger partial charge in [0.1, 0.15) is 5.75 Å². The van der Waals surface area contributed by atoms with Crippen LogP contribution in [0.25, 0.3) is 0 Å². The fourth-order valence-corrected chi connectivity index (χ4v) is 3.27. The van der Waals surface area contributed by atoms with Gasteiger partial charge in [0, 0.05) is 29.0 Å². The summed E-state index contributed by atoms with van der Waals surface area (Å²) in [5.74, 6) is 0.647. The molecule has 2 aromatic rings. The van der Waals surface area contributed by atoms with Crippen molar-refractivity contribution in [2.75, 3.05) is 19.0 Å². The Morgan fingerprint density at radius 3 is 2.50 bits per heavy atom. The molecule has 0 unspecified atom stereocenters. The molecule has 1 aliphatic heterocycles. The van der Waals surface area contributed by atoms with Crippen LogP contribution in [0.1, 0.15) is 17.9 Å². The molecule has 0 radical (unpaired) electrons. The van der Waals surface area contributed by atoms with E-state index in [9.17, 15) is 9.59 Å². The lowest BCUT2D eigenvalue weighted by Gasteiger charge is -2.32. The monoisotopic (exact) mass is 417 g/mol. The minimum atomic E-state index is -0.299. The number of nitrogens with one attached hydrogen (secondary N) is 3. The maximum absolute atomic E-state index is 12.4. The summed E-state index contributed by atoms with van der Waals surface area (Å²) in [6.07, 6.45) is 0.329. The van der Waals surface area contributed by atoms with E-state index in [1.165, 1.54) is 0 Å². The van der Waals surface area contributed by atoms with Gasteiger partial charge in [-0.25, -0.2) is 4.79 Å². The van der Waals surface area contributed by atoms with Crippen molar-refractivity contribution in [2.24, 2.45) is 0 Å². The first-order valence-corrected chi connectivity index (χ1v) is 9.08. The highest BCUT2D eigenvalue weighted by Gasteiger charge is 2.31. The standard InChI is InChI=1S/C19H20BrN3O3/c1-26-15-8-2-12(3-9-15)16-10-18(24)21-11-17(16)23-19(25)22-14-6-4-13(20)5-7-14/h2-9,16-17H,10-11H2,1H3,(H,21,24)(H2,22,23,25)/t16-,17+/m1/s1. The molecule has 0 bridgehead atoms. The van der Waals surface area contributed by atoms with E-state index in [0.717, 1.165) is 15.8 Å². The lowest BCUT2D eigenvalue weighted by Crippen LogP contribution is -2.52. The van der Waals surface area contributed by atoms with Gasteiger partial charge in [-0.05, 0) is 42.0 Å². The van der Waals surface area contributed by atoms with Crippen LogP contribution in [0.5, 0.6) is 5.75 Å². The highest BCUT2D eigenvalue weighted by atomic mass is 79.9. The summed E-state index contributed by atoms with van der Waals surface area (Å²) < 4.78 is 6.12. The van der Waals surface area contributed by atoms with Crippen molar-refractivity contribution in [3.63, 3.8) is 0 Å². The molecule has 1 aliphatic rings.